The molecule has 1 saturated carbocycles. The molecule has 0 saturated heterocycles. The van der Waals surface area contributed by atoms with Gasteiger partial charge in [0.1, 0.15) is 11.5 Å². The summed E-state index contributed by atoms with van der Waals surface area (Å²) in [5.74, 6) is 1.32. The summed E-state index contributed by atoms with van der Waals surface area (Å²) >= 11 is 0. The van der Waals surface area contributed by atoms with E-state index in [2.05, 4.69) is 10.5 Å². The van der Waals surface area contributed by atoms with Crippen molar-refractivity contribution < 1.29 is 19.1 Å². The molecule has 1 atom stereocenters. The minimum atomic E-state index is -0.571. The predicted octanol–water partition coefficient (Wildman–Crippen LogP) is 2.65. The van der Waals surface area contributed by atoms with E-state index in [0.29, 0.717) is 23.6 Å². The molecule has 3 rings (SSSR count). The third-order valence-electron chi connectivity index (χ3n) is 4.63. The zero-order chi connectivity index (χ0) is 16.9. The monoisotopic (exact) mass is 332 g/mol. The van der Waals surface area contributed by atoms with E-state index in [9.17, 15) is 4.79 Å². The van der Waals surface area contributed by atoms with E-state index in [4.69, 9.17) is 14.3 Å². The van der Waals surface area contributed by atoms with Gasteiger partial charge in [-0.25, -0.2) is 0 Å². The number of nitrogens with zero attached hydrogens (tertiary/aromatic N) is 1. The fraction of sp³-hybridized carbons (Fsp3) is 0.556. The number of benzene rings is 1. The molecule has 1 N–H and O–H groups in total. The van der Waals surface area contributed by atoms with Crippen LogP contribution in [0.15, 0.2) is 23.4 Å². The number of carbonyl (C=O) groups is 1. The fourth-order valence-electron chi connectivity index (χ4n) is 3.26. The predicted molar refractivity (Wildman–Crippen MR) is 90.6 cm³/mol. The second-order valence-corrected chi connectivity index (χ2v) is 6.25. The van der Waals surface area contributed by atoms with Gasteiger partial charge in [-0.05, 0) is 31.0 Å². The Morgan fingerprint density at radius 1 is 1.21 bits per heavy atom. The van der Waals surface area contributed by atoms with Crippen LogP contribution in [0.25, 0.3) is 0 Å². The van der Waals surface area contributed by atoms with Crippen molar-refractivity contribution in [3.8, 4) is 11.5 Å². The molecular weight excluding hydrogens is 308 g/mol. The van der Waals surface area contributed by atoms with Crippen molar-refractivity contribution in [2.24, 2.45) is 5.16 Å². The first-order valence-corrected chi connectivity index (χ1v) is 8.46. The zero-order valence-electron chi connectivity index (χ0n) is 14.2. The van der Waals surface area contributed by atoms with Gasteiger partial charge in [-0.2, -0.15) is 0 Å². The largest absolute Gasteiger partial charge is 0.497 e. The van der Waals surface area contributed by atoms with Gasteiger partial charge in [-0.1, -0.05) is 24.4 Å². The maximum absolute atomic E-state index is 12.4. The number of carbonyl (C=O) groups excluding carboxylic acids is 1. The van der Waals surface area contributed by atoms with Gasteiger partial charge in [-0.15, -0.1) is 0 Å². The van der Waals surface area contributed by atoms with Crippen LogP contribution in [0.1, 0.15) is 44.1 Å². The van der Waals surface area contributed by atoms with Crippen LogP contribution in [-0.4, -0.2) is 38.0 Å². The van der Waals surface area contributed by atoms with Gasteiger partial charge in [0.15, 0.2) is 0 Å². The molecule has 0 aromatic heterocycles. The summed E-state index contributed by atoms with van der Waals surface area (Å²) in [6.07, 6.45) is 5.58. The van der Waals surface area contributed by atoms with Gasteiger partial charge < -0.3 is 19.6 Å². The van der Waals surface area contributed by atoms with E-state index < -0.39 is 6.10 Å². The van der Waals surface area contributed by atoms with Crippen molar-refractivity contribution in [2.75, 3.05) is 14.2 Å². The second kappa shape index (κ2) is 7.55. The van der Waals surface area contributed by atoms with Crippen molar-refractivity contribution >= 4 is 11.6 Å². The van der Waals surface area contributed by atoms with Crippen LogP contribution < -0.4 is 14.8 Å². The molecule has 1 fully saturated rings. The zero-order valence-corrected chi connectivity index (χ0v) is 14.2. The molecule has 0 spiro atoms. The first-order valence-electron chi connectivity index (χ1n) is 8.46. The molecule has 6 nitrogen and oxygen atoms in total. The number of hydrogen-bond donors (Lipinski definition) is 1. The van der Waals surface area contributed by atoms with E-state index in [-0.39, 0.29) is 11.9 Å². The van der Waals surface area contributed by atoms with Crippen molar-refractivity contribution in [1.29, 1.82) is 0 Å². The van der Waals surface area contributed by atoms with Gasteiger partial charge in [0, 0.05) is 18.0 Å². The van der Waals surface area contributed by atoms with Crippen LogP contribution in [0.2, 0.25) is 0 Å². The minimum absolute atomic E-state index is 0.0810. The maximum atomic E-state index is 12.4. The first-order chi connectivity index (χ1) is 11.7. The molecule has 0 bridgehead atoms. The highest BCUT2D eigenvalue weighted by Crippen LogP contribution is 2.29. The average Bonchev–Trinajstić information content (AvgIpc) is 3.12. The molecule has 130 valence electrons. The van der Waals surface area contributed by atoms with Crippen LogP contribution in [0.3, 0.4) is 0 Å². The van der Waals surface area contributed by atoms with Gasteiger partial charge in [0.25, 0.3) is 5.91 Å². The Labute approximate surface area is 142 Å². The highest BCUT2D eigenvalue weighted by molar-refractivity contribution is 6.06. The standard InChI is InChI=1S/C18H24N2O4/c1-22-13-8-9-16(23-2)14(10-13)15-11-17(24-20-15)18(21)19-12-6-4-3-5-7-12/h8-10,12,17H,3-7,11H2,1-2H3,(H,19,21)/t17-/m1/s1. The summed E-state index contributed by atoms with van der Waals surface area (Å²) in [6.45, 7) is 0. The lowest BCUT2D eigenvalue weighted by molar-refractivity contribution is -0.132. The second-order valence-electron chi connectivity index (χ2n) is 6.25. The number of oxime groups is 1. The Hall–Kier alpha value is -2.24. The van der Waals surface area contributed by atoms with E-state index in [1.165, 1.54) is 19.3 Å². The highest BCUT2D eigenvalue weighted by Gasteiger charge is 2.31. The summed E-state index contributed by atoms with van der Waals surface area (Å²) in [5.41, 5.74) is 1.50. The molecule has 1 aromatic rings. The molecule has 1 aliphatic heterocycles. The van der Waals surface area contributed by atoms with Crippen LogP contribution in [0, 0.1) is 0 Å². The van der Waals surface area contributed by atoms with Gasteiger partial charge in [0.2, 0.25) is 6.10 Å². The number of methoxy groups -OCH3 is 2. The number of hydrogen-bond acceptors (Lipinski definition) is 5. The third kappa shape index (κ3) is 3.63. The van der Waals surface area contributed by atoms with Gasteiger partial charge >= 0.3 is 0 Å². The minimum Gasteiger partial charge on any atom is -0.497 e. The lowest BCUT2D eigenvalue weighted by Crippen LogP contribution is -2.42. The Morgan fingerprint density at radius 3 is 2.71 bits per heavy atom. The molecule has 0 radical (unpaired) electrons. The van der Waals surface area contributed by atoms with E-state index in [1.807, 2.05) is 18.2 Å². The molecule has 1 heterocycles. The summed E-state index contributed by atoms with van der Waals surface area (Å²) in [4.78, 5) is 17.8. The third-order valence-corrected chi connectivity index (χ3v) is 4.63. The number of ether oxygens (including phenoxy) is 2. The van der Waals surface area contributed by atoms with Crippen molar-refractivity contribution in [3.05, 3.63) is 23.8 Å². The molecule has 1 aliphatic carbocycles. The lowest BCUT2D eigenvalue weighted by Gasteiger charge is -2.23. The molecule has 1 aromatic carbocycles. The molecule has 0 unspecified atom stereocenters. The summed E-state index contributed by atoms with van der Waals surface area (Å²) in [6, 6.07) is 5.77. The molecule has 24 heavy (non-hydrogen) atoms. The van der Waals surface area contributed by atoms with Crippen LogP contribution in [-0.2, 0) is 9.63 Å². The van der Waals surface area contributed by atoms with E-state index in [1.54, 1.807) is 14.2 Å². The Balaban J connectivity index is 1.65. The Morgan fingerprint density at radius 2 is 2.00 bits per heavy atom. The number of nitrogens with one attached hydrogen (secondary N) is 1. The van der Waals surface area contributed by atoms with Crippen LogP contribution in [0.4, 0.5) is 0 Å². The maximum Gasteiger partial charge on any atom is 0.264 e. The highest BCUT2D eigenvalue weighted by atomic mass is 16.6. The Bertz CT molecular complexity index is 623. The molecule has 1 amide bonds. The molecular formula is C18H24N2O4. The summed E-state index contributed by atoms with van der Waals surface area (Å²) in [5, 5.41) is 7.20. The molecule has 2 aliphatic rings. The lowest BCUT2D eigenvalue weighted by atomic mass is 9.95. The van der Waals surface area contributed by atoms with E-state index in [0.717, 1.165) is 18.4 Å². The molecule has 6 heteroatoms. The van der Waals surface area contributed by atoms with Crippen LogP contribution in [0.5, 0.6) is 11.5 Å². The number of rotatable bonds is 5. The topological polar surface area (TPSA) is 69.1 Å². The summed E-state index contributed by atoms with van der Waals surface area (Å²) < 4.78 is 10.6. The van der Waals surface area contributed by atoms with Gasteiger partial charge in [-0.3, -0.25) is 4.79 Å². The fourth-order valence-corrected chi connectivity index (χ4v) is 3.26. The quantitative estimate of drug-likeness (QED) is 0.900. The first kappa shape index (κ1) is 16.6. The van der Waals surface area contributed by atoms with Crippen molar-refractivity contribution in [2.45, 2.75) is 50.7 Å². The van der Waals surface area contributed by atoms with Gasteiger partial charge in [0.05, 0.1) is 19.9 Å². The van der Waals surface area contributed by atoms with Crippen molar-refractivity contribution in [1.82, 2.24) is 5.32 Å². The normalized spacial score (nSPS) is 20.9. The summed E-state index contributed by atoms with van der Waals surface area (Å²) in [7, 11) is 3.22. The van der Waals surface area contributed by atoms with Crippen LogP contribution >= 0.6 is 0 Å². The average molecular weight is 332 g/mol. The Kier molecular flexibility index (Phi) is 5.23. The van der Waals surface area contributed by atoms with E-state index >= 15 is 0 Å². The smallest absolute Gasteiger partial charge is 0.264 e. The van der Waals surface area contributed by atoms with Crippen molar-refractivity contribution in [3.63, 3.8) is 0 Å². The number of amides is 1. The SMILES string of the molecule is COc1ccc(OC)c(C2=NO[C@@H](C(=O)NC3CCCCC3)C2)c1.